The first-order chi connectivity index (χ1) is 13.9. The lowest BCUT2D eigenvalue weighted by molar-refractivity contribution is 0.564. The maximum Gasteiger partial charge on any atom is 0.229 e. The van der Waals surface area contributed by atoms with E-state index in [4.69, 9.17) is 0 Å². The minimum Gasteiger partial charge on any atom is -0.368 e. The number of aryl methyl sites for hydroxylation is 1. The summed E-state index contributed by atoms with van der Waals surface area (Å²) in [6.45, 7) is 1.95. The van der Waals surface area contributed by atoms with E-state index in [1.54, 1.807) is 18.6 Å². The Hall–Kier alpha value is -2.88. The Bertz CT molecular complexity index is 1080. The van der Waals surface area contributed by atoms with Gasteiger partial charge in [-0.05, 0) is 48.4 Å². The van der Waals surface area contributed by atoms with Crippen molar-refractivity contribution < 1.29 is 8.42 Å². The largest absolute Gasteiger partial charge is 0.368 e. The van der Waals surface area contributed by atoms with Crippen molar-refractivity contribution in [3.8, 4) is 5.69 Å². The molecule has 2 unspecified atom stereocenters. The minimum absolute atomic E-state index is 0.0562. The maximum absolute atomic E-state index is 11.4. The van der Waals surface area contributed by atoms with E-state index in [2.05, 4.69) is 50.1 Å². The monoisotopic (exact) mass is 412 g/mol. The highest BCUT2D eigenvalue weighted by molar-refractivity contribution is 7.92. The zero-order chi connectivity index (χ0) is 20.4. The summed E-state index contributed by atoms with van der Waals surface area (Å²) in [4.78, 5) is 4.08. The lowest BCUT2D eigenvalue weighted by Crippen LogP contribution is -2.36. The Labute approximate surface area is 170 Å². The van der Waals surface area contributed by atoms with Crippen LogP contribution in [0.5, 0.6) is 0 Å². The van der Waals surface area contributed by atoms with Crippen LogP contribution in [-0.2, 0) is 10.0 Å². The first kappa shape index (κ1) is 19.4. The Balaban J connectivity index is 1.39. The summed E-state index contributed by atoms with van der Waals surface area (Å²) >= 11 is 0. The van der Waals surface area contributed by atoms with Crippen LogP contribution in [0.4, 0.5) is 11.4 Å². The summed E-state index contributed by atoms with van der Waals surface area (Å²) in [5, 5.41) is 3.47. The van der Waals surface area contributed by atoms with Crippen LogP contribution in [0.3, 0.4) is 0 Å². The fourth-order valence-electron chi connectivity index (χ4n) is 3.45. The van der Waals surface area contributed by atoms with Crippen molar-refractivity contribution in [2.24, 2.45) is 0 Å². The number of benzene rings is 2. The third-order valence-corrected chi connectivity index (χ3v) is 5.47. The van der Waals surface area contributed by atoms with Gasteiger partial charge in [-0.3, -0.25) is 4.72 Å². The van der Waals surface area contributed by atoms with Crippen molar-refractivity contribution in [3.63, 3.8) is 0 Å². The van der Waals surface area contributed by atoms with Crippen molar-refractivity contribution in [1.82, 2.24) is 20.4 Å². The van der Waals surface area contributed by atoms with Gasteiger partial charge in [0.1, 0.15) is 0 Å². The van der Waals surface area contributed by atoms with Gasteiger partial charge < -0.3 is 9.88 Å². The molecule has 152 valence electrons. The topological polar surface area (TPSA) is 100 Å². The molecule has 1 aliphatic rings. The van der Waals surface area contributed by atoms with E-state index in [0.29, 0.717) is 5.69 Å². The van der Waals surface area contributed by atoms with Gasteiger partial charge in [-0.15, -0.1) is 0 Å². The number of imidazole rings is 1. The average molecular weight is 413 g/mol. The van der Waals surface area contributed by atoms with Crippen LogP contribution in [0.1, 0.15) is 23.6 Å². The van der Waals surface area contributed by atoms with E-state index in [9.17, 15) is 8.42 Å². The number of hydrazine groups is 1. The molecule has 29 heavy (non-hydrogen) atoms. The SMILES string of the molecule is Cc1cc(NS(C)(=O)=O)ccc1NC1CC(c2ccc(-n3ccnc3)cc2)NN1. The molecule has 0 spiro atoms. The number of hydrogen-bond acceptors (Lipinski definition) is 6. The van der Waals surface area contributed by atoms with Crippen LogP contribution in [0.15, 0.2) is 61.2 Å². The summed E-state index contributed by atoms with van der Waals surface area (Å²) in [6.07, 6.45) is 7.53. The number of hydrogen-bond donors (Lipinski definition) is 4. The second-order valence-corrected chi connectivity index (χ2v) is 8.99. The van der Waals surface area contributed by atoms with Gasteiger partial charge in [-0.25, -0.2) is 24.3 Å². The molecule has 1 fully saturated rings. The maximum atomic E-state index is 11.4. The molecule has 9 heteroatoms. The fraction of sp³-hybridized carbons (Fsp3) is 0.250. The van der Waals surface area contributed by atoms with Crippen LogP contribution in [-0.4, -0.2) is 30.4 Å². The fourth-order valence-corrected chi connectivity index (χ4v) is 4.01. The molecule has 8 nitrogen and oxygen atoms in total. The van der Waals surface area contributed by atoms with E-state index in [0.717, 1.165) is 29.6 Å². The third kappa shape index (κ3) is 4.76. The Morgan fingerprint density at radius 1 is 1.14 bits per heavy atom. The highest BCUT2D eigenvalue weighted by Crippen LogP contribution is 2.26. The summed E-state index contributed by atoms with van der Waals surface area (Å²) < 4.78 is 27.2. The molecule has 4 N–H and O–H groups in total. The van der Waals surface area contributed by atoms with Gasteiger partial charge in [-0.1, -0.05) is 12.1 Å². The molecule has 0 radical (unpaired) electrons. The van der Waals surface area contributed by atoms with Crippen molar-refractivity contribution in [2.45, 2.75) is 25.6 Å². The van der Waals surface area contributed by atoms with E-state index in [1.807, 2.05) is 29.8 Å². The Morgan fingerprint density at radius 2 is 1.93 bits per heavy atom. The molecule has 1 aliphatic heterocycles. The molecule has 1 aromatic heterocycles. The van der Waals surface area contributed by atoms with Gasteiger partial charge in [0.2, 0.25) is 10.0 Å². The molecule has 0 saturated carbocycles. The smallest absolute Gasteiger partial charge is 0.229 e. The minimum atomic E-state index is -3.28. The van der Waals surface area contributed by atoms with Crippen LogP contribution in [0.25, 0.3) is 5.69 Å². The van der Waals surface area contributed by atoms with Crippen LogP contribution in [0, 0.1) is 6.92 Å². The molecule has 2 atom stereocenters. The zero-order valence-corrected chi connectivity index (χ0v) is 17.1. The van der Waals surface area contributed by atoms with Crippen molar-refractivity contribution in [2.75, 3.05) is 16.3 Å². The molecule has 2 heterocycles. The van der Waals surface area contributed by atoms with Crippen LogP contribution < -0.4 is 20.9 Å². The predicted octanol–water partition coefficient (Wildman–Crippen LogP) is 2.53. The second-order valence-electron chi connectivity index (χ2n) is 7.24. The number of nitrogens with one attached hydrogen (secondary N) is 4. The Morgan fingerprint density at radius 3 is 2.59 bits per heavy atom. The molecule has 0 aliphatic carbocycles. The molecular weight excluding hydrogens is 388 g/mol. The highest BCUT2D eigenvalue weighted by Gasteiger charge is 2.25. The van der Waals surface area contributed by atoms with E-state index in [1.165, 1.54) is 5.56 Å². The van der Waals surface area contributed by atoms with E-state index in [-0.39, 0.29) is 12.2 Å². The van der Waals surface area contributed by atoms with Gasteiger partial charge in [0.15, 0.2) is 0 Å². The quantitative estimate of drug-likeness (QED) is 0.497. The summed E-state index contributed by atoms with van der Waals surface area (Å²) in [7, 11) is -3.28. The standard InChI is InChI=1S/C20H24N6O2S/c1-14-11-16(25-29(2,27)28)5-8-18(14)22-20-12-19(23-24-20)15-3-6-17(7-4-15)26-10-9-21-13-26/h3-11,13,19-20,22-25H,12H2,1-2H3. The number of sulfonamides is 1. The molecule has 1 saturated heterocycles. The second kappa shape index (κ2) is 7.86. The first-order valence-electron chi connectivity index (χ1n) is 9.32. The molecule has 3 aromatic rings. The van der Waals surface area contributed by atoms with Crippen molar-refractivity contribution in [3.05, 3.63) is 72.3 Å². The van der Waals surface area contributed by atoms with Gasteiger partial charge in [0.05, 0.1) is 18.7 Å². The third-order valence-electron chi connectivity index (χ3n) is 4.86. The molecular formula is C20H24N6O2S. The molecule has 4 rings (SSSR count). The van der Waals surface area contributed by atoms with Crippen molar-refractivity contribution >= 4 is 21.4 Å². The van der Waals surface area contributed by atoms with Gasteiger partial charge in [0, 0.05) is 41.9 Å². The highest BCUT2D eigenvalue weighted by atomic mass is 32.2. The van der Waals surface area contributed by atoms with Gasteiger partial charge >= 0.3 is 0 Å². The average Bonchev–Trinajstić information content (AvgIpc) is 3.35. The van der Waals surface area contributed by atoms with Crippen LogP contribution in [0.2, 0.25) is 0 Å². The molecule has 0 amide bonds. The molecule has 2 aromatic carbocycles. The number of aromatic nitrogens is 2. The first-order valence-corrected chi connectivity index (χ1v) is 11.2. The molecule has 0 bridgehead atoms. The normalized spacial score (nSPS) is 19.2. The number of rotatable bonds is 6. The number of anilines is 2. The summed E-state index contributed by atoms with van der Waals surface area (Å²) in [5.41, 5.74) is 11.4. The number of nitrogens with zero attached hydrogens (tertiary/aromatic N) is 2. The van der Waals surface area contributed by atoms with E-state index < -0.39 is 10.0 Å². The Kier molecular flexibility index (Phi) is 5.27. The van der Waals surface area contributed by atoms with Crippen LogP contribution >= 0.6 is 0 Å². The zero-order valence-electron chi connectivity index (χ0n) is 16.3. The van der Waals surface area contributed by atoms with E-state index >= 15 is 0 Å². The van der Waals surface area contributed by atoms with Gasteiger partial charge in [-0.2, -0.15) is 0 Å². The summed E-state index contributed by atoms with van der Waals surface area (Å²) in [6, 6.07) is 14.0. The lowest BCUT2D eigenvalue weighted by Gasteiger charge is -2.17. The summed E-state index contributed by atoms with van der Waals surface area (Å²) in [5.74, 6) is 0. The predicted molar refractivity (Wildman–Crippen MR) is 114 cm³/mol. The van der Waals surface area contributed by atoms with Crippen molar-refractivity contribution in [1.29, 1.82) is 0 Å². The van der Waals surface area contributed by atoms with Gasteiger partial charge in [0.25, 0.3) is 0 Å². The lowest BCUT2D eigenvalue weighted by atomic mass is 10.0.